The molecule has 1 aromatic carbocycles. The first-order valence-corrected chi connectivity index (χ1v) is 10.2. The second-order valence-electron chi connectivity index (χ2n) is 7.28. The molecule has 2 aliphatic heterocycles. The molecule has 2 N–H and O–H groups in total. The lowest BCUT2D eigenvalue weighted by Gasteiger charge is -2.27. The van der Waals surface area contributed by atoms with Gasteiger partial charge in [0.2, 0.25) is 11.8 Å². The molecule has 2 heterocycles. The first-order chi connectivity index (χ1) is 15.4. The first-order valence-electron chi connectivity index (χ1n) is 10.2. The van der Waals surface area contributed by atoms with Crippen molar-refractivity contribution in [3.05, 3.63) is 39.8 Å². The minimum Gasteiger partial charge on any atom is -0.483 e. The van der Waals surface area contributed by atoms with Gasteiger partial charge in [0.15, 0.2) is 6.61 Å². The second kappa shape index (κ2) is 10.4. The molecular weight excluding hydrogens is 420 g/mol. The van der Waals surface area contributed by atoms with Crippen molar-refractivity contribution in [1.29, 1.82) is 0 Å². The molecular formula is C20H22N6O6. The van der Waals surface area contributed by atoms with Crippen molar-refractivity contribution < 1.29 is 28.7 Å². The lowest BCUT2D eigenvalue weighted by Crippen LogP contribution is -2.54. The van der Waals surface area contributed by atoms with E-state index < -0.39 is 35.6 Å². The SMILES string of the molecule is [N-]=[N+]=NCCCCCNC(=O)COc1cccc2c1C(=O)N(C1CCC(=O)NC1=O)C2=O. The van der Waals surface area contributed by atoms with E-state index in [0.717, 1.165) is 17.7 Å². The van der Waals surface area contributed by atoms with Crippen molar-refractivity contribution in [2.75, 3.05) is 19.7 Å². The monoisotopic (exact) mass is 442 g/mol. The number of amides is 5. The van der Waals surface area contributed by atoms with E-state index in [9.17, 15) is 24.0 Å². The molecule has 5 amide bonds. The van der Waals surface area contributed by atoms with Crippen LogP contribution in [0.25, 0.3) is 10.4 Å². The summed E-state index contributed by atoms with van der Waals surface area (Å²) in [6.45, 7) is 0.483. The van der Waals surface area contributed by atoms with E-state index in [-0.39, 0.29) is 36.3 Å². The number of nitrogens with one attached hydrogen (secondary N) is 2. The van der Waals surface area contributed by atoms with E-state index in [1.165, 1.54) is 18.2 Å². The van der Waals surface area contributed by atoms with E-state index in [0.29, 0.717) is 19.5 Å². The largest absolute Gasteiger partial charge is 0.483 e. The Hall–Kier alpha value is -3.92. The molecule has 0 radical (unpaired) electrons. The minimum atomic E-state index is -1.07. The van der Waals surface area contributed by atoms with Crippen LogP contribution in [-0.4, -0.2) is 60.2 Å². The number of carbonyl (C=O) groups excluding carboxylic acids is 5. The Labute approximate surface area is 182 Å². The molecule has 1 fully saturated rings. The van der Waals surface area contributed by atoms with Gasteiger partial charge in [0, 0.05) is 24.4 Å². The average molecular weight is 442 g/mol. The minimum absolute atomic E-state index is 0.00644. The zero-order valence-electron chi connectivity index (χ0n) is 17.2. The summed E-state index contributed by atoms with van der Waals surface area (Å²) in [4.78, 5) is 64.8. The summed E-state index contributed by atoms with van der Waals surface area (Å²) in [5, 5.41) is 8.26. The van der Waals surface area contributed by atoms with Gasteiger partial charge in [-0.3, -0.25) is 34.2 Å². The van der Waals surface area contributed by atoms with Gasteiger partial charge < -0.3 is 10.1 Å². The third-order valence-corrected chi connectivity index (χ3v) is 5.11. The molecule has 3 rings (SSSR count). The number of rotatable bonds is 10. The van der Waals surface area contributed by atoms with Crippen LogP contribution in [0.15, 0.2) is 23.3 Å². The summed E-state index contributed by atoms with van der Waals surface area (Å²) in [7, 11) is 0. The summed E-state index contributed by atoms with van der Waals surface area (Å²) < 4.78 is 5.50. The van der Waals surface area contributed by atoms with Crippen LogP contribution in [0.1, 0.15) is 52.8 Å². The molecule has 12 nitrogen and oxygen atoms in total. The van der Waals surface area contributed by atoms with E-state index >= 15 is 0 Å². The number of fused-ring (bicyclic) bond motifs is 1. The fourth-order valence-corrected chi connectivity index (χ4v) is 3.56. The van der Waals surface area contributed by atoms with Crippen LogP contribution in [0.5, 0.6) is 5.75 Å². The number of piperidine rings is 1. The predicted molar refractivity (Wildman–Crippen MR) is 109 cm³/mol. The summed E-state index contributed by atoms with van der Waals surface area (Å²) >= 11 is 0. The fourth-order valence-electron chi connectivity index (χ4n) is 3.56. The lowest BCUT2D eigenvalue weighted by atomic mass is 10.0. The topological polar surface area (TPSA) is 171 Å². The summed E-state index contributed by atoms with van der Waals surface area (Å²) in [5.74, 6) is -2.81. The Morgan fingerprint density at radius 1 is 1.22 bits per heavy atom. The van der Waals surface area contributed by atoms with Crippen molar-refractivity contribution >= 4 is 29.5 Å². The summed E-state index contributed by atoms with van der Waals surface area (Å²) in [6.07, 6.45) is 2.31. The third-order valence-electron chi connectivity index (χ3n) is 5.11. The number of benzene rings is 1. The van der Waals surface area contributed by atoms with Crippen molar-refractivity contribution in [2.45, 2.75) is 38.1 Å². The van der Waals surface area contributed by atoms with Crippen molar-refractivity contribution in [3.8, 4) is 5.75 Å². The van der Waals surface area contributed by atoms with Gasteiger partial charge in [-0.05, 0) is 36.9 Å². The molecule has 1 aromatic rings. The van der Waals surface area contributed by atoms with Crippen LogP contribution in [0.4, 0.5) is 0 Å². The van der Waals surface area contributed by atoms with Crippen molar-refractivity contribution in [1.82, 2.24) is 15.5 Å². The highest BCUT2D eigenvalue weighted by Crippen LogP contribution is 2.33. The molecule has 0 aromatic heterocycles. The Morgan fingerprint density at radius 3 is 2.78 bits per heavy atom. The average Bonchev–Trinajstić information content (AvgIpc) is 3.02. The first kappa shape index (κ1) is 22.8. The fraction of sp³-hybridized carbons (Fsp3) is 0.450. The Morgan fingerprint density at radius 2 is 2.03 bits per heavy atom. The molecule has 2 aliphatic rings. The van der Waals surface area contributed by atoms with E-state index in [2.05, 4.69) is 20.7 Å². The van der Waals surface area contributed by atoms with Crippen molar-refractivity contribution in [2.24, 2.45) is 5.11 Å². The molecule has 1 saturated heterocycles. The molecule has 0 saturated carbocycles. The third kappa shape index (κ3) is 5.03. The number of unbranched alkanes of at least 4 members (excludes halogenated alkanes) is 2. The molecule has 0 spiro atoms. The molecule has 1 unspecified atom stereocenters. The maximum atomic E-state index is 12.9. The Kier molecular flexibility index (Phi) is 7.40. The van der Waals surface area contributed by atoms with Crippen molar-refractivity contribution in [3.63, 3.8) is 0 Å². The van der Waals surface area contributed by atoms with Crippen LogP contribution < -0.4 is 15.4 Å². The van der Waals surface area contributed by atoms with Gasteiger partial charge in [-0.15, -0.1) is 0 Å². The van der Waals surface area contributed by atoms with Gasteiger partial charge in [0.25, 0.3) is 17.7 Å². The quantitative estimate of drug-likeness (QED) is 0.180. The number of azide groups is 1. The zero-order valence-corrected chi connectivity index (χ0v) is 17.2. The molecule has 168 valence electrons. The second-order valence-corrected chi connectivity index (χ2v) is 7.28. The summed E-state index contributed by atoms with van der Waals surface area (Å²) in [6, 6.07) is 3.37. The van der Waals surface area contributed by atoms with Gasteiger partial charge in [0.1, 0.15) is 11.8 Å². The van der Waals surface area contributed by atoms with Crippen LogP contribution >= 0.6 is 0 Å². The Bertz CT molecular complexity index is 1000. The maximum absolute atomic E-state index is 12.9. The van der Waals surface area contributed by atoms with Gasteiger partial charge in [-0.25, -0.2) is 0 Å². The number of carbonyl (C=O) groups is 5. The van der Waals surface area contributed by atoms with Gasteiger partial charge >= 0.3 is 0 Å². The lowest BCUT2D eigenvalue weighted by molar-refractivity contribution is -0.136. The molecule has 0 aliphatic carbocycles. The molecule has 1 atom stereocenters. The van der Waals surface area contributed by atoms with Crippen LogP contribution in [0.2, 0.25) is 0 Å². The number of imide groups is 2. The van der Waals surface area contributed by atoms with Crippen LogP contribution in [0.3, 0.4) is 0 Å². The predicted octanol–water partition coefficient (Wildman–Crippen LogP) is 1.06. The van der Waals surface area contributed by atoms with E-state index in [1.807, 2.05) is 0 Å². The highest BCUT2D eigenvalue weighted by atomic mass is 16.5. The maximum Gasteiger partial charge on any atom is 0.266 e. The molecule has 32 heavy (non-hydrogen) atoms. The number of hydrogen-bond acceptors (Lipinski definition) is 7. The van der Waals surface area contributed by atoms with Gasteiger partial charge in [-0.1, -0.05) is 17.6 Å². The number of hydrogen-bond donors (Lipinski definition) is 2. The highest BCUT2D eigenvalue weighted by molar-refractivity contribution is 6.24. The van der Waals surface area contributed by atoms with E-state index in [4.69, 9.17) is 10.3 Å². The zero-order chi connectivity index (χ0) is 23.1. The van der Waals surface area contributed by atoms with Gasteiger partial charge in [0.05, 0.1) is 11.1 Å². The Balaban J connectivity index is 1.58. The normalized spacial score (nSPS) is 17.5. The smallest absolute Gasteiger partial charge is 0.266 e. The van der Waals surface area contributed by atoms with Gasteiger partial charge in [-0.2, -0.15) is 0 Å². The number of ether oxygens (including phenoxy) is 1. The van der Waals surface area contributed by atoms with Crippen LogP contribution in [0, 0.1) is 0 Å². The summed E-state index contributed by atoms with van der Waals surface area (Å²) in [5.41, 5.74) is 8.28. The molecule has 0 bridgehead atoms. The van der Waals surface area contributed by atoms with E-state index in [1.54, 1.807) is 0 Å². The standard InChI is InChI=1S/C20H22N6O6/c21-25-23-10-3-1-2-9-22-16(28)11-32-14-6-4-5-12-17(14)20(31)26(19(12)30)13-7-8-15(27)24-18(13)29/h4-6,13H,1-3,7-11H2,(H,22,28)(H,24,27,29). The molecule has 12 heteroatoms. The van der Waals surface area contributed by atoms with Crippen LogP contribution in [-0.2, 0) is 14.4 Å². The highest BCUT2D eigenvalue weighted by Gasteiger charge is 2.46. The number of nitrogens with zero attached hydrogens (tertiary/aromatic N) is 4.